The summed E-state index contributed by atoms with van der Waals surface area (Å²) in [6, 6.07) is 3.72. The number of aliphatic hydroxyl groups is 1. The van der Waals surface area contributed by atoms with Gasteiger partial charge in [-0.3, -0.25) is 0 Å². The second-order valence-corrected chi connectivity index (χ2v) is 4.30. The molecule has 1 fully saturated rings. The van der Waals surface area contributed by atoms with Crippen LogP contribution in [0.1, 0.15) is 66.6 Å². The van der Waals surface area contributed by atoms with E-state index in [2.05, 4.69) is 0 Å². The van der Waals surface area contributed by atoms with Gasteiger partial charge in [-0.05, 0) is 44.5 Å². The molecule has 1 aliphatic rings. The Morgan fingerprint density at radius 2 is 2.10 bits per heavy atom. The third-order valence-electron chi connectivity index (χ3n) is 2.76. The fraction of sp³-hybridized carbons (Fsp3) is 0.647. The van der Waals surface area contributed by atoms with Crippen molar-refractivity contribution in [2.75, 3.05) is 27.6 Å². The number of nitrogens with zero attached hydrogens (tertiary/aromatic N) is 1. The largest absolute Gasteiger partial charge is 0.497 e. The molecule has 1 aliphatic carbocycles. The highest BCUT2D eigenvalue weighted by molar-refractivity contribution is 5.31. The topological polar surface area (TPSA) is 32.7 Å². The van der Waals surface area contributed by atoms with Crippen LogP contribution in [-0.4, -0.2) is 43.2 Å². The minimum Gasteiger partial charge on any atom is -0.497 e. The van der Waals surface area contributed by atoms with Crippen LogP contribution in [0.5, 0.6) is 5.75 Å². The van der Waals surface area contributed by atoms with Crippen LogP contribution in [0.3, 0.4) is 0 Å². The van der Waals surface area contributed by atoms with Gasteiger partial charge in [0.1, 0.15) is 5.75 Å². The van der Waals surface area contributed by atoms with Crippen molar-refractivity contribution < 1.29 is 33.1 Å². The van der Waals surface area contributed by atoms with E-state index in [1.54, 1.807) is 0 Å². The maximum Gasteiger partial charge on any atom is 0.118 e. The molecule has 20 heavy (non-hydrogen) atoms. The standard InChI is InChI=1S/C17H27NO2/c1-18(2)13-16(17(19)11-5-4-6-12-17)14-7-9-15(20-3)10-8-14/h7-10,16,19H,4-6,11-13H2,1-3H3/i1D3,3D3,4D2,5D2,6D2,11D2,12D2,16D. The van der Waals surface area contributed by atoms with Gasteiger partial charge in [-0.2, -0.15) is 0 Å². The van der Waals surface area contributed by atoms with Crippen LogP contribution in [0.15, 0.2) is 24.3 Å². The van der Waals surface area contributed by atoms with E-state index in [-0.39, 0.29) is 5.75 Å². The Morgan fingerprint density at radius 3 is 2.70 bits per heavy atom. The first kappa shape index (κ1) is 4.47. The first-order chi connectivity index (χ1) is 16.1. The molecular weight excluding hydrogens is 250 g/mol. The summed E-state index contributed by atoms with van der Waals surface area (Å²) in [6.45, 7) is -4.21. The molecule has 0 saturated heterocycles. The molecule has 1 aromatic rings. The second kappa shape index (κ2) is 6.59. The van der Waals surface area contributed by atoms with E-state index in [9.17, 15) is 6.48 Å². The van der Waals surface area contributed by atoms with E-state index in [1.807, 2.05) is 0 Å². The fourth-order valence-electron chi connectivity index (χ4n) is 1.83. The molecule has 0 aromatic heterocycles. The van der Waals surface area contributed by atoms with Crippen molar-refractivity contribution >= 4 is 0 Å². The van der Waals surface area contributed by atoms with Crippen LogP contribution in [0.25, 0.3) is 0 Å². The average Bonchev–Trinajstić information content (AvgIpc) is 2.69. The number of hydrogen-bond donors (Lipinski definition) is 1. The molecule has 1 atom stereocenters. The predicted molar refractivity (Wildman–Crippen MR) is 82.3 cm³/mol. The average molecular weight is 295 g/mol. The van der Waals surface area contributed by atoms with Crippen LogP contribution in [0.4, 0.5) is 0 Å². The van der Waals surface area contributed by atoms with Crippen molar-refractivity contribution in [2.45, 2.75) is 43.4 Å². The molecule has 2 rings (SSSR count). The number of ether oxygens (including phenoxy) is 1. The molecule has 0 bridgehead atoms. The molecule has 1 unspecified atom stereocenters. The van der Waals surface area contributed by atoms with Crippen molar-refractivity contribution in [3.05, 3.63) is 29.8 Å². The van der Waals surface area contributed by atoms with Gasteiger partial charge in [-0.1, -0.05) is 31.3 Å². The number of likely N-dealkylation sites (N-methyl/N-ethyl adjacent to an activating group) is 1. The number of methoxy groups -OCH3 is 1. The molecular formula is C17H27NO2. The highest BCUT2D eigenvalue weighted by Crippen LogP contribution is 2.40. The van der Waals surface area contributed by atoms with E-state index >= 15 is 0 Å². The third-order valence-corrected chi connectivity index (χ3v) is 2.76. The van der Waals surface area contributed by atoms with Gasteiger partial charge in [0.2, 0.25) is 0 Å². The van der Waals surface area contributed by atoms with E-state index in [0.717, 1.165) is 31.3 Å². The lowest BCUT2D eigenvalue weighted by Crippen LogP contribution is -2.42. The smallest absolute Gasteiger partial charge is 0.118 e. The van der Waals surface area contributed by atoms with E-state index in [1.165, 1.54) is 0 Å². The molecule has 1 N–H and O–H groups in total. The first-order valence-electron chi connectivity index (χ1n) is 14.3. The van der Waals surface area contributed by atoms with Crippen molar-refractivity contribution in [3.63, 3.8) is 0 Å². The Bertz CT molecular complexity index is 971. The Kier molecular flexibility index (Phi) is 1.47. The molecule has 1 saturated carbocycles. The number of hydrogen-bond acceptors (Lipinski definition) is 3. The van der Waals surface area contributed by atoms with Gasteiger partial charge in [-0.15, -0.1) is 0 Å². The molecule has 3 nitrogen and oxygen atoms in total. The van der Waals surface area contributed by atoms with Crippen LogP contribution >= 0.6 is 0 Å². The summed E-state index contributed by atoms with van der Waals surface area (Å²) in [4.78, 5) is 0.464. The van der Waals surface area contributed by atoms with Crippen molar-refractivity contribution in [3.8, 4) is 5.75 Å². The summed E-state index contributed by atoms with van der Waals surface area (Å²) in [5.41, 5.74) is -4.62. The fourth-order valence-corrected chi connectivity index (χ4v) is 1.83. The van der Waals surface area contributed by atoms with Crippen molar-refractivity contribution in [1.82, 2.24) is 4.90 Å². The SMILES string of the molecule is [2H]C([2H])([2H])Oc1ccc(C([2H])(CN(C)C([2H])([2H])[2H])C2(O)C([2H])([2H])C([2H])([2H])C([2H])([2H])C([2H])([2H])C2([2H])[2H])cc1. The highest BCUT2D eigenvalue weighted by Gasteiger charge is 2.38. The Labute approximate surface area is 146 Å². The van der Waals surface area contributed by atoms with E-state index in [4.69, 9.17) is 26.7 Å². The Morgan fingerprint density at radius 1 is 1.40 bits per heavy atom. The first-order valence-corrected chi connectivity index (χ1v) is 5.79. The van der Waals surface area contributed by atoms with E-state index < -0.39 is 69.5 Å². The monoisotopic (exact) mass is 294 g/mol. The van der Waals surface area contributed by atoms with Gasteiger partial charge in [0.15, 0.2) is 0 Å². The van der Waals surface area contributed by atoms with Gasteiger partial charge >= 0.3 is 0 Å². The second-order valence-electron chi connectivity index (χ2n) is 4.30. The summed E-state index contributed by atoms with van der Waals surface area (Å²) < 4.78 is 141. The normalized spacial score (nSPS) is 47.9. The van der Waals surface area contributed by atoms with Gasteiger partial charge < -0.3 is 14.7 Å². The van der Waals surface area contributed by atoms with Gasteiger partial charge in [0, 0.05) is 31.6 Å². The quantitative estimate of drug-likeness (QED) is 0.906. The zero-order valence-corrected chi connectivity index (χ0v) is 10.8. The lowest BCUT2D eigenvalue weighted by Gasteiger charge is -2.40. The Hall–Kier alpha value is -1.06. The number of benzene rings is 1. The third kappa shape index (κ3) is 3.53. The zero-order chi connectivity index (χ0) is 29.5. The minimum absolute atomic E-state index is 0.293. The Balaban J connectivity index is 2.96. The van der Waals surface area contributed by atoms with Gasteiger partial charge in [0.25, 0.3) is 0 Å². The summed E-state index contributed by atoms with van der Waals surface area (Å²) in [6.07, 6.45) is -19.8. The summed E-state index contributed by atoms with van der Waals surface area (Å²) in [5, 5.41) is 11.9. The molecule has 1 aromatic carbocycles. The maximum absolute atomic E-state index is 11.9. The zero-order valence-electron chi connectivity index (χ0n) is 27.8. The molecule has 0 amide bonds. The maximum atomic E-state index is 11.9. The van der Waals surface area contributed by atoms with Crippen LogP contribution in [0.2, 0.25) is 0 Å². The number of rotatable bonds is 5. The van der Waals surface area contributed by atoms with Crippen LogP contribution in [0, 0.1) is 0 Å². The van der Waals surface area contributed by atoms with Crippen molar-refractivity contribution in [2.24, 2.45) is 0 Å². The van der Waals surface area contributed by atoms with Crippen molar-refractivity contribution in [1.29, 1.82) is 0 Å². The predicted octanol–water partition coefficient (Wildman–Crippen LogP) is 3.04. The molecule has 0 spiro atoms. The van der Waals surface area contributed by atoms with E-state index in [0.29, 0.717) is 4.90 Å². The molecule has 3 heteroatoms. The van der Waals surface area contributed by atoms with Crippen LogP contribution in [-0.2, 0) is 0 Å². The molecule has 0 radical (unpaired) electrons. The molecule has 0 heterocycles. The minimum atomic E-state index is -4.07. The molecule has 112 valence electrons. The van der Waals surface area contributed by atoms with Crippen LogP contribution < -0.4 is 4.74 Å². The highest BCUT2D eigenvalue weighted by atomic mass is 16.5. The molecule has 0 aliphatic heterocycles. The summed E-state index contributed by atoms with van der Waals surface area (Å²) >= 11 is 0. The summed E-state index contributed by atoms with van der Waals surface area (Å²) in [7, 11) is -1.96. The van der Waals surface area contributed by atoms with Gasteiger partial charge in [-0.25, -0.2) is 0 Å². The summed E-state index contributed by atoms with van der Waals surface area (Å²) in [5.74, 6) is -3.52. The van der Waals surface area contributed by atoms with Gasteiger partial charge in [0.05, 0.1) is 16.8 Å². The lowest BCUT2D eigenvalue weighted by atomic mass is 9.72. The lowest BCUT2D eigenvalue weighted by molar-refractivity contribution is -0.0277.